The quantitative estimate of drug-likeness (QED) is 0.486. The summed E-state index contributed by atoms with van der Waals surface area (Å²) < 4.78 is 8.84. The molecule has 2 bridgehead atoms. The largest absolute Gasteiger partial charge is 0.497 e. The number of ether oxygens (including phenoxy) is 1. The van der Waals surface area contributed by atoms with Crippen LogP contribution in [-0.4, -0.2) is 30.2 Å². The first-order valence-electron chi connectivity index (χ1n) is 11.7. The second kappa shape index (κ2) is 11.0. The number of benzene rings is 2. The number of methoxy groups -OCH3 is 1. The van der Waals surface area contributed by atoms with E-state index in [9.17, 15) is 0 Å². The van der Waals surface area contributed by atoms with Crippen molar-refractivity contribution in [2.75, 3.05) is 7.11 Å². The smallest absolute Gasteiger partial charge is 0.119 e. The number of aromatic nitrogens is 1. The fraction of sp³-hybridized carbons (Fsp3) is 0.407. The molecule has 2 atom stereocenters. The monoisotopic (exact) mass is 460 g/mol. The molecule has 2 aliphatic heterocycles. The van der Waals surface area contributed by atoms with Crippen LogP contribution in [0.25, 0.3) is 10.9 Å². The van der Waals surface area contributed by atoms with Gasteiger partial charge in [-0.25, -0.2) is 0 Å². The molecular formula is C27H32N4OS. The maximum atomic E-state index is 9.01. The first-order chi connectivity index (χ1) is 16.1. The van der Waals surface area contributed by atoms with E-state index in [1.807, 2.05) is 37.1 Å². The van der Waals surface area contributed by atoms with E-state index < -0.39 is 0 Å². The van der Waals surface area contributed by atoms with Crippen molar-refractivity contribution in [2.24, 2.45) is 0 Å². The number of pyridine rings is 1. The van der Waals surface area contributed by atoms with E-state index >= 15 is 0 Å². The van der Waals surface area contributed by atoms with Crippen LogP contribution in [-0.2, 0) is 6.42 Å². The maximum Gasteiger partial charge on any atom is 0.119 e. The predicted octanol–water partition coefficient (Wildman–Crippen LogP) is 5.55. The van der Waals surface area contributed by atoms with Gasteiger partial charge < -0.3 is 10.1 Å². The van der Waals surface area contributed by atoms with Crippen LogP contribution in [0.5, 0.6) is 5.75 Å². The van der Waals surface area contributed by atoms with Crippen LogP contribution in [0, 0.1) is 18.3 Å². The molecule has 2 aromatic carbocycles. The molecule has 33 heavy (non-hydrogen) atoms. The van der Waals surface area contributed by atoms with Crippen molar-refractivity contribution in [2.45, 2.75) is 69.0 Å². The lowest BCUT2D eigenvalue weighted by molar-refractivity contribution is 0.351. The molecule has 1 aromatic heterocycles. The second-order valence-electron chi connectivity index (χ2n) is 8.79. The van der Waals surface area contributed by atoms with Gasteiger partial charge in [0, 0.05) is 34.6 Å². The van der Waals surface area contributed by atoms with Crippen molar-refractivity contribution in [3.63, 3.8) is 0 Å². The van der Waals surface area contributed by atoms with Crippen molar-refractivity contribution in [3.8, 4) is 11.8 Å². The minimum absolute atomic E-state index is 0.642. The molecule has 2 unspecified atom stereocenters. The number of rotatable bonds is 5. The van der Waals surface area contributed by atoms with E-state index in [0.717, 1.165) is 40.7 Å². The van der Waals surface area contributed by atoms with Crippen molar-refractivity contribution in [3.05, 3.63) is 65.4 Å². The third kappa shape index (κ3) is 5.67. The molecule has 2 aliphatic rings. The summed E-state index contributed by atoms with van der Waals surface area (Å²) in [5.74, 6) is 0.791. The van der Waals surface area contributed by atoms with Crippen molar-refractivity contribution in [1.29, 1.82) is 5.26 Å². The third-order valence-electron chi connectivity index (χ3n) is 6.56. The number of piperidine rings is 1. The Balaban J connectivity index is 0.000000157. The molecule has 3 aromatic rings. The van der Waals surface area contributed by atoms with Gasteiger partial charge in [-0.2, -0.15) is 5.26 Å². The molecule has 2 fully saturated rings. The van der Waals surface area contributed by atoms with E-state index in [-0.39, 0.29) is 0 Å². The Morgan fingerprint density at radius 3 is 2.61 bits per heavy atom. The van der Waals surface area contributed by atoms with E-state index in [1.54, 1.807) is 13.3 Å². The van der Waals surface area contributed by atoms with Gasteiger partial charge in [-0.3, -0.25) is 9.71 Å². The molecule has 2 saturated heterocycles. The van der Waals surface area contributed by atoms with E-state index in [0.29, 0.717) is 11.6 Å². The summed E-state index contributed by atoms with van der Waals surface area (Å²) in [5, 5.41) is 13.7. The number of hydrogen-bond acceptors (Lipinski definition) is 6. The Bertz CT molecular complexity index is 1130. The van der Waals surface area contributed by atoms with Gasteiger partial charge in [0.25, 0.3) is 0 Å². The Morgan fingerprint density at radius 1 is 1.18 bits per heavy atom. The van der Waals surface area contributed by atoms with E-state index in [2.05, 4.69) is 52.3 Å². The highest BCUT2D eigenvalue weighted by atomic mass is 32.2. The number of nitrogens with zero attached hydrogens (tertiary/aromatic N) is 2. The summed E-state index contributed by atoms with van der Waals surface area (Å²) in [7, 11) is 1.63. The minimum atomic E-state index is 0.642. The second-order valence-corrected chi connectivity index (χ2v) is 9.67. The first kappa shape index (κ1) is 23.6. The van der Waals surface area contributed by atoms with Gasteiger partial charge in [-0.05, 0) is 86.4 Å². The topological polar surface area (TPSA) is 70.0 Å². The first-order valence-corrected chi connectivity index (χ1v) is 12.5. The number of hydrogen-bond donors (Lipinski definition) is 2. The van der Waals surface area contributed by atoms with Crippen LogP contribution in [0.1, 0.15) is 49.3 Å². The summed E-state index contributed by atoms with van der Waals surface area (Å²) >= 11 is 1.81. The van der Waals surface area contributed by atoms with Crippen LogP contribution in [0.4, 0.5) is 0 Å². The average molecular weight is 461 g/mol. The summed E-state index contributed by atoms with van der Waals surface area (Å²) in [6.07, 6.45) is 7.77. The summed E-state index contributed by atoms with van der Waals surface area (Å²) in [5.41, 5.74) is 3.94. The standard InChI is InChI=1S/C14H20N2S.C13H12N2O/c1-10-4-2-3-5-14(10)17-16-13-8-11-6-7-12(9-13)15-11;1-3-11-9(7-14)8-15-13-5-4-10(16-2)6-12(11)13/h2-5,11-13,15-16H,6-9H2,1H3;4-6,8H,3H2,1-2H3. The molecule has 6 heteroatoms. The Morgan fingerprint density at radius 2 is 1.94 bits per heavy atom. The zero-order valence-corrected chi connectivity index (χ0v) is 20.4. The zero-order valence-electron chi connectivity index (χ0n) is 19.6. The van der Waals surface area contributed by atoms with Gasteiger partial charge in [0.2, 0.25) is 0 Å². The lowest BCUT2D eigenvalue weighted by Crippen LogP contribution is -2.44. The Hall–Kier alpha value is -2.59. The normalized spacial score (nSPS) is 21.2. The Kier molecular flexibility index (Phi) is 7.87. The highest BCUT2D eigenvalue weighted by molar-refractivity contribution is 7.97. The SMILES string of the molecule is CCc1c(C#N)cnc2ccc(OC)cc12.Cc1ccccc1SNC1CC2CCC(C1)N2. The molecule has 0 radical (unpaired) electrons. The molecular weight excluding hydrogens is 428 g/mol. The highest BCUT2D eigenvalue weighted by Crippen LogP contribution is 2.29. The number of nitriles is 1. The van der Waals surface area contributed by atoms with Gasteiger partial charge in [-0.1, -0.05) is 25.1 Å². The number of nitrogens with one attached hydrogen (secondary N) is 2. The molecule has 2 N–H and O–H groups in total. The van der Waals surface area contributed by atoms with Gasteiger partial charge in [-0.15, -0.1) is 0 Å². The van der Waals surface area contributed by atoms with Gasteiger partial charge in [0.05, 0.1) is 18.2 Å². The molecule has 0 aliphatic carbocycles. The fourth-order valence-corrected chi connectivity index (χ4v) is 5.66. The van der Waals surface area contributed by atoms with Crippen LogP contribution >= 0.6 is 11.9 Å². The molecule has 172 valence electrons. The van der Waals surface area contributed by atoms with Crippen molar-refractivity contribution >= 4 is 22.9 Å². The van der Waals surface area contributed by atoms with Crippen LogP contribution in [0.2, 0.25) is 0 Å². The highest BCUT2D eigenvalue weighted by Gasteiger charge is 2.33. The van der Waals surface area contributed by atoms with Crippen LogP contribution in [0.3, 0.4) is 0 Å². The molecule has 3 heterocycles. The molecule has 0 saturated carbocycles. The fourth-order valence-electron chi connectivity index (χ4n) is 4.80. The number of fused-ring (bicyclic) bond motifs is 3. The summed E-state index contributed by atoms with van der Waals surface area (Å²) in [6.45, 7) is 4.21. The lowest BCUT2D eigenvalue weighted by atomic mass is 10.0. The van der Waals surface area contributed by atoms with Crippen molar-refractivity contribution < 1.29 is 4.74 Å². The van der Waals surface area contributed by atoms with Crippen LogP contribution < -0.4 is 14.8 Å². The maximum absolute atomic E-state index is 9.01. The molecule has 0 amide bonds. The summed E-state index contributed by atoms with van der Waals surface area (Å²) in [4.78, 5) is 5.62. The molecule has 0 spiro atoms. The van der Waals surface area contributed by atoms with Gasteiger partial charge >= 0.3 is 0 Å². The summed E-state index contributed by atoms with van der Waals surface area (Å²) in [6, 6.07) is 18.7. The average Bonchev–Trinajstić information content (AvgIpc) is 3.20. The predicted molar refractivity (Wildman–Crippen MR) is 136 cm³/mol. The third-order valence-corrected chi connectivity index (χ3v) is 7.69. The van der Waals surface area contributed by atoms with E-state index in [4.69, 9.17) is 10.00 Å². The van der Waals surface area contributed by atoms with Gasteiger partial charge in [0.1, 0.15) is 11.8 Å². The van der Waals surface area contributed by atoms with Gasteiger partial charge in [0.15, 0.2) is 0 Å². The Labute approximate surface area is 201 Å². The molecule has 5 nitrogen and oxygen atoms in total. The van der Waals surface area contributed by atoms with E-state index in [1.165, 1.54) is 36.1 Å². The number of aryl methyl sites for hydroxylation is 2. The minimum Gasteiger partial charge on any atom is -0.497 e. The molecule has 5 rings (SSSR count). The van der Waals surface area contributed by atoms with Crippen molar-refractivity contribution in [1.82, 2.24) is 15.0 Å². The van der Waals surface area contributed by atoms with Crippen LogP contribution in [0.15, 0.2) is 53.6 Å². The zero-order chi connectivity index (χ0) is 23.2. The lowest BCUT2D eigenvalue weighted by Gasteiger charge is -2.29.